The second-order valence-corrected chi connectivity index (χ2v) is 5.71. The van der Waals surface area contributed by atoms with E-state index in [9.17, 15) is 0 Å². The molecule has 2 aliphatic rings. The van der Waals surface area contributed by atoms with E-state index >= 15 is 0 Å². The molecule has 3 rings (SSSR count). The maximum Gasteiger partial charge on any atom is 0.00870 e. The highest BCUT2D eigenvalue weighted by atomic mass is 14.8. The van der Waals surface area contributed by atoms with Gasteiger partial charge in [0.15, 0.2) is 0 Å². The number of fused-ring (bicyclic) bond motifs is 2. The smallest absolute Gasteiger partial charge is 0.00870 e. The fourth-order valence-electron chi connectivity index (χ4n) is 3.40. The zero-order valence-electron chi connectivity index (χ0n) is 12.2. The van der Waals surface area contributed by atoms with Crippen LogP contribution in [0, 0.1) is 11.8 Å². The zero-order chi connectivity index (χ0) is 13.8. The normalized spacial score (nSPS) is 26.1. The van der Waals surface area contributed by atoms with Crippen LogP contribution in [0.1, 0.15) is 24.0 Å². The Kier molecular flexibility index (Phi) is 4.17. The van der Waals surface area contributed by atoms with E-state index in [4.69, 9.17) is 0 Å². The minimum Gasteiger partial charge on any atom is -0.319 e. The second-order valence-electron chi connectivity index (χ2n) is 5.71. The number of allylic oxidation sites excluding steroid dienone is 5. The van der Waals surface area contributed by atoms with E-state index in [1.165, 1.54) is 29.5 Å². The van der Waals surface area contributed by atoms with Crippen LogP contribution in [-0.2, 0) is 6.42 Å². The molecule has 0 amide bonds. The van der Waals surface area contributed by atoms with E-state index in [0.717, 1.165) is 13.0 Å². The minimum atomic E-state index is 0.556. The maximum atomic E-state index is 3.24. The van der Waals surface area contributed by atoms with Crippen LogP contribution in [0.2, 0.25) is 0 Å². The first-order valence-electron chi connectivity index (χ1n) is 7.68. The van der Waals surface area contributed by atoms with Crippen LogP contribution in [0.25, 0.3) is 5.57 Å². The van der Waals surface area contributed by atoms with Crippen LogP contribution in [0.3, 0.4) is 0 Å². The van der Waals surface area contributed by atoms with Crippen LogP contribution in [0.5, 0.6) is 0 Å². The zero-order valence-corrected chi connectivity index (χ0v) is 12.2. The summed E-state index contributed by atoms with van der Waals surface area (Å²) in [6, 6.07) is 8.94. The lowest BCUT2D eigenvalue weighted by atomic mass is 9.80. The lowest BCUT2D eigenvalue weighted by molar-refractivity contribution is 0.528. The standard InChI is InChI=1S/C19H23N/c1-20-14-6-11-19-17-9-4-2-7-15(17)12-13-16-8-3-5-10-18(16)19/h2-5,7-11,15,17,20H,6,12-14H2,1H3/b19-11-. The third-order valence-corrected chi connectivity index (χ3v) is 4.44. The van der Waals surface area contributed by atoms with Crippen LogP contribution in [-0.4, -0.2) is 13.6 Å². The van der Waals surface area contributed by atoms with Gasteiger partial charge in [-0.25, -0.2) is 0 Å². The number of nitrogens with one attached hydrogen (secondary N) is 1. The first-order valence-corrected chi connectivity index (χ1v) is 7.68. The molecule has 2 unspecified atom stereocenters. The summed E-state index contributed by atoms with van der Waals surface area (Å²) in [5.41, 5.74) is 4.51. The lowest BCUT2D eigenvalue weighted by Crippen LogP contribution is -2.13. The van der Waals surface area contributed by atoms with Crippen LogP contribution in [0.4, 0.5) is 0 Å². The molecule has 1 aromatic carbocycles. The molecule has 2 atom stereocenters. The Morgan fingerprint density at radius 1 is 1.20 bits per heavy atom. The van der Waals surface area contributed by atoms with E-state index in [0.29, 0.717) is 11.8 Å². The van der Waals surface area contributed by atoms with Crippen molar-refractivity contribution in [2.75, 3.05) is 13.6 Å². The van der Waals surface area contributed by atoms with Gasteiger partial charge in [0.25, 0.3) is 0 Å². The molecule has 0 saturated carbocycles. The molecule has 20 heavy (non-hydrogen) atoms. The lowest BCUT2D eigenvalue weighted by Gasteiger charge is -2.24. The van der Waals surface area contributed by atoms with Crippen LogP contribution < -0.4 is 5.32 Å². The van der Waals surface area contributed by atoms with E-state index in [2.05, 4.69) is 60.0 Å². The van der Waals surface area contributed by atoms with Gasteiger partial charge in [-0.1, -0.05) is 54.6 Å². The van der Waals surface area contributed by atoms with Crippen molar-refractivity contribution in [1.29, 1.82) is 0 Å². The molecular formula is C19H23N. The van der Waals surface area contributed by atoms with Gasteiger partial charge in [-0.05, 0) is 55.5 Å². The summed E-state index contributed by atoms with van der Waals surface area (Å²) in [6.45, 7) is 1.04. The summed E-state index contributed by atoms with van der Waals surface area (Å²) >= 11 is 0. The van der Waals surface area contributed by atoms with Gasteiger partial charge in [-0.3, -0.25) is 0 Å². The highest BCUT2D eigenvalue weighted by Crippen LogP contribution is 2.40. The van der Waals surface area contributed by atoms with Crippen molar-refractivity contribution >= 4 is 5.57 Å². The number of rotatable bonds is 3. The highest BCUT2D eigenvalue weighted by Gasteiger charge is 2.27. The number of aryl methyl sites for hydroxylation is 1. The Labute approximate surface area is 122 Å². The average molecular weight is 265 g/mol. The fourth-order valence-corrected chi connectivity index (χ4v) is 3.40. The van der Waals surface area contributed by atoms with E-state index in [1.807, 2.05) is 7.05 Å². The predicted molar refractivity (Wildman–Crippen MR) is 86.5 cm³/mol. The average Bonchev–Trinajstić information content (AvgIpc) is 2.66. The summed E-state index contributed by atoms with van der Waals surface area (Å²) in [4.78, 5) is 0. The van der Waals surface area contributed by atoms with Crippen molar-refractivity contribution in [3.05, 3.63) is 65.8 Å². The predicted octanol–water partition coefficient (Wildman–Crippen LogP) is 3.98. The Balaban J connectivity index is 2.01. The minimum absolute atomic E-state index is 0.556. The molecule has 0 fully saturated rings. The number of hydrogen-bond acceptors (Lipinski definition) is 1. The van der Waals surface area contributed by atoms with E-state index in [-0.39, 0.29) is 0 Å². The first-order chi connectivity index (χ1) is 9.90. The monoisotopic (exact) mass is 265 g/mol. The van der Waals surface area contributed by atoms with Crippen molar-refractivity contribution in [2.24, 2.45) is 11.8 Å². The first kappa shape index (κ1) is 13.4. The van der Waals surface area contributed by atoms with Crippen molar-refractivity contribution in [1.82, 2.24) is 5.32 Å². The fraction of sp³-hybridized carbons (Fsp3) is 0.368. The van der Waals surface area contributed by atoms with E-state index < -0.39 is 0 Å². The molecule has 0 aromatic heterocycles. The van der Waals surface area contributed by atoms with Gasteiger partial charge in [0.05, 0.1) is 0 Å². The molecule has 2 aliphatic carbocycles. The van der Waals surface area contributed by atoms with Crippen molar-refractivity contribution < 1.29 is 0 Å². The third-order valence-electron chi connectivity index (χ3n) is 4.44. The van der Waals surface area contributed by atoms with Gasteiger partial charge in [-0.2, -0.15) is 0 Å². The molecule has 1 N–H and O–H groups in total. The molecule has 1 heteroatoms. The quantitative estimate of drug-likeness (QED) is 0.815. The van der Waals surface area contributed by atoms with Gasteiger partial charge >= 0.3 is 0 Å². The molecule has 0 spiro atoms. The van der Waals surface area contributed by atoms with Crippen molar-refractivity contribution in [3.8, 4) is 0 Å². The summed E-state index contributed by atoms with van der Waals surface area (Å²) in [5, 5.41) is 3.24. The number of benzene rings is 1. The van der Waals surface area contributed by atoms with Crippen molar-refractivity contribution in [2.45, 2.75) is 19.3 Å². The molecule has 0 saturated heterocycles. The van der Waals surface area contributed by atoms with Gasteiger partial charge in [-0.15, -0.1) is 0 Å². The summed E-state index contributed by atoms with van der Waals surface area (Å²) < 4.78 is 0. The second kappa shape index (κ2) is 6.23. The molecule has 0 bridgehead atoms. The highest BCUT2D eigenvalue weighted by molar-refractivity contribution is 5.73. The summed E-state index contributed by atoms with van der Waals surface area (Å²) in [7, 11) is 2.02. The van der Waals surface area contributed by atoms with Gasteiger partial charge < -0.3 is 5.32 Å². The molecule has 0 aliphatic heterocycles. The van der Waals surface area contributed by atoms with Gasteiger partial charge in [0, 0.05) is 5.92 Å². The molecule has 0 radical (unpaired) electrons. The molecule has 1 nitrogen and oxygen atoms in total. The summed E-state index contributed by atoms with van der Waals surface area (Å²) in [6.07, 6.45) is 15.2. The van der Waals surface area contributed by atoms with Gasteiger partial charge in [0.2, 0.25) is 0 Å². The Morgan fingerprint density at radius 2 is 2.05 bits per heavy atom. The Morgan fingerprint density at radius 3 is 2.95 bits per heavy atom. The largest absolute Gasteiger partial charge is 0.319 e. The molecule has 0 heterocycles. The third kappa shape index (κ3) is 2.64. The van der Waals surface area contributed by atoms with Crippen LogP contribution >= 0.6 is 0 Å². The molecule has 104 valence electrons. The molecular weight excluding hydrogens is 242 g/mol. The van der Waals surface area contributed by atoms with Crippen molar-refractivity contribution in [3.63, 3.8) is 0 Å². The molecule has 1 aromatic rings. The van der Waals surface area contributed by atoms with Gasteiger partial charge in [0.1, 0.15) is 0 Å². The topological polar surface area (TPSA) is 12.0 Å². The van der Waals surface area contributed by atoms with Crippen LogP contribution in [0.15, 0.2) is 54.6 Å². The number of hydrogen-bond donors (Lipinski definition) is 1. The van der Waals surface area contributed by atoms with E-state index in [1.54, 1.807) is 0 Å². The Bertz CT molecular complexity index is 551. The maximum absolute atomic E-state index is 3.24. The Hall–Kier alpha value is -1.60. The summed E-state index contributed by atoms with van der Waals surface area (Å²) in [5.74, 6) is 1.22. The SMILES string of the molecule is CNCC/C=C1\c2ccccc2CCC2C=CC=CC12.